The molecule has 1 rings (SSSR count). The fourth-order valence-electron chi connectivity index (χ4n) is 5.27. The molecule has 0 aromatic carbocycles. The number of carbonyl (C=O) groups excluding carboxylic acids is 1. The van der Waals surface area contributed by atoms with Gasteiger partial charge in [0.15, 0.2) is 12.3 Å². The Labute approximate surface area is 206 Å². The first-order valence-corrected chi connectivity index (χ1v) is 14.4. The number of allylic oxidation sites excluding steroid dienone is 1. The zero-order chi connectivity index (χ0) is 24.2. The molecule has 3 unspecified atom stereocenters. The first kappa shape index (κ1) is 29.9. The van der Waals surface area contributed by atoms with Crippen LogP contribution in [-0.4, -0.2) is 42.0 Å². The number of hydrogen-bond donors (Lipinski definition) is 1. The maximum Gasteiger partial charge on any atom is 0.221 e. The number of carbonyl (C=O) groups is 1. The van der Waals surface area contributed by atoms with Crippen molar-refractivity contribution in [2.24, 2.45) is 4.99 Å². The Bertz CT molecular complexity index is 545. The molecule has 4 heteroatoms. The van der Waals surface area contributed by atoms with Crippen LogP contribution < -0.4 is 5.32 Å². The average molecular weight is 463 g/mol. The second-order valence-corrected chi connectivity index (χ2v) is 10.2. The summed E-state index contributed by atoms with van der Waals surface area (Å²) in [6, 6.07) is 0. The van der Waals surface area contributed by atoms with Crippen molar-refractivity contribution in [3.8, 4) is 0 Å². The van der Waals surface area contributed by atoms with Crippen LogP contribution in [0.4, 0.5) is 0 Å². The van der Waals surface area contributed by atoms with Gasteiger partial charge in [-0.3, -0.25) is 9.28 Å². The topological polar surface area (TPSA) is 41.5 Å². The van der Waals surface area contributed by atoms with Crippen molar-refractivity contribution in [3.63, 3.8) is 0 Å². The van der Waals surface area contributed by atoms with Gasteiger partial charge in [0, 0.05) is 20.3 Å². The number of nitrogens with one attached hydrogen (secondary N) is 1. The lowest BCUT2D eigenvalue weighted by Gasteiger charge is -2.42. The molecule has 0 radical (unpaired) electrons. The summed E-state index contributed by atoms with van der Waals surface area (Å²) in [6.07, 6.45) is 30.5. The maximum absolute atomic E-state index is 11.5. The van der Waals surface area contributed by atoms with Crippen molar-refractivity contribution < 1.29 is 9.28 Å². The van der Waals surface area contributed by atoms with E-state index in [4.69, 9.17) is 4.99 Å². The molecule has 1 N–H and O–H groups in total. The molecule has 0 aliphatic carbocycles. The Morgan fingerprint density at radius 3 is 1.91 bits per heavy atom. The second-order valence-electron chi connectivity index (χ2n) is 10.2. The van der Waals surface area contributed by atoms with Crippen LogP contribution in [0.1, 0.15) is 137 Å². The van der Waals surface area contributed by atoms with Gasteiger partial charge in [0.25, 0.3) is 0 Å². The molecule has 0 aromatic rings. The van der Waals surface area contributed by atoms with Crippen LogP contribution in [-0.2, 0) is 4.79 Å². The van der Waals surface area contributed by atoms with E-state index in [0.29, 0.717) is 0 Å². The summed E-state index contributed by atoms with van der Waals surface area (Å²) in [6.45, 7) is 10.1. The first-order chi connectivity index (χ1) is 16.1. The van der Waals surface area contributed by atoms with Crippen LogP contribution >= 0.6 is 0 Å². The van der Waals surface area contributed by atoms with E-state index in [0.717, 1.165) is 24.0 Å². The molecule has 1 heterocycles. The highest BCUT2D eigenvalue weighted by Crippen LogP contribution is 2.25. The predicted octanol–water partition coefficient (Wildman–Crippen LogP) is 7.92. The van der Waals surface area contributed by atoms with Gasteiger partial charge in [0.2, 0.25) is 5.91 Å². The maximum atomic E-state index is 11.5. The highest BCUT2D eigenvalue weighted by Gasteiger charge is 2.42. The minimum Gasteiger partial charge on any atom is -0.307 e. The predicted molar refractivity (Wildman–Crippen MR) is 145 cm³/mol. The van der Waals surface area contributed by atoms with Gasteiger partial charge in [-0.05, 0) is 19.8 Å². The summed E-state index contributed by atoms with van der Waals surface area (Å²) in [5, 5.41) is 3.10. The SMILES string of the molecule is CCCCCCCCCCCCCCCCC/C=C/CC1N=CC[N+]1(CC)C(C)NC(C)=O. The number of nitrogens with zero attached hydrogens (tertiary/aromatic N) is 2. The van der Waals surface area contributed by atoms with Gasteiger partial charge in [-0.2, -0.15) is 0 Å². The Morgan fingerprint density at radius 1 is 0.909 bits per heavy atom. The molecular formula is C29H56N3O+. The molecule has 0 saturated heterocycles. The van der Waals surface area contributed by atoms with E-state index in [1.807, 2.05) is 0 Å². The molecular weight excluding hydrogens is 406 g/mol. The monoisotopic (exact) mass is 462 g/mol. The minimum atomic E-state index is 0.0443. The summed E-state index contributed by atoms with van der Waals surface area (Å²) in [5.74, 6) is 0.0443. The van der Waals surface area contributed by atoms with Crippen molar-refractivity contribution >= 4 is 12.1 Å². The van der Waals surface area contributed by atoms with Crippen molar-refractivity contribution in [1.29, 1.82) is 0 Å². The third-order valence-corrected chi connectivity index (χ3v) is 7.55. The van der Waals surface area contributed by atoms with Gasteiger partial charge in [0.1, 0.15) is 6.54 Å². The summed E-state index contributed by atoms with van der Waals surface area (Å²) < 4.78 is 0.836. The molecule has 3 atom stereocenters. The van der Waals surface area contributed by atoms with Crippen LogP contribution in [0, 0.1) is 0 Å². The smallest absolute Gasteiger partial charge is 0.221 e. The molecule has 0 bridgehead atoms. The lowest BCUT2D eigenvalue weighted by molar-refractivity contribution is -0.958. The van der Waals surface area contributed by atoms with E-state index in [-0.39, 0.29) is 18.2 Å². The molecule has 1 aliphatic heterocycles. The summed E-state index contributed by atoms with van der Waals surface area (Å²) in [5.41, 5.74) is 0. The summed E-state index contributed by atoms with van der Waals surface area (Å²) >= 11 is 0. The Morgan fingerprint density at radius 2 is 1.42 bits per heavy atom. The second kappa shape index (κ2) is 19.2. The van der Waals surface area contributed by atoms with Crippen molar-refractivity contribution in [3.05, 3.63) is 12.2 Å². The number of amides is 1. The largest absolute Gasteiger partial charge is 0.307 e. The van der Waals surface area contributed by atoms with Crippen molar-refractivity contribution in [2.45, 2.75) is 149 Å². The quantitative estimate of drug-likeness (QED) is 0.105. The lowest BCUT2D eigenvalue weighted by Crippen LogP contribution is -2.63. The molecule has 0 aromatic heterocycles. The highest BCUT2D eigenvalue weighted by atomic mass is 16.1. The van der Waals surface area contributed by atoms with Crippen molar-refractivity contribution in [2.75, 3.05) is 13.1 Å². The highest BCUT2D eigenvalue weighted by molar-refractivity contribution is 5.73. The zero-order valence-corrected chi connectivity index (χ0v) is 22.6. The van der Waals surface area contributed by atoms with Gasteiger partial charge in [-0.25, -0.2) is 4.99 Å². The van der Waals surface area contributed by atoms with Gasteiger partial charge in [0.05, 0.1) is 12.8 Å². The molecule has 1 amide bonds. The Kier molecular flexibility index (Phi) is 17.4. The molecule has 0 saturated carbocycles. The van der Waals surface area contributed by atoms with Crippen LogP contribution in [0.2, 0.25) is 0 Å². The Hall–Kier alpha value is -1.16. The van der Waals surface area contributed by atoms with E-state index >= 15 is 0 Å². The van der Waals surface area contributed by atoms with Crippen LogP contribution in [0.25, 0.3) is 0 Å². The minimum absolute atomic E-state index is 0.0443. The molecule has 0 fully saturated rings. The summed E-state index contributed by atoms with van der Waals surface area (Å²) in [4.78, 5) is 16.3. The first-order valence-electron chi connectivity index (χ1n) is 14.4. The lowest BCUT2D eigenvalue weighted by atomic mass is 10.0. The Balaban J connectivity index is 2.00. The van der Waals surface area contributed by atoms with Crippen LogP contribution in [0.5, 0.6) is 0 Å². The molecule has 192 valence electrons. The normalized spacial score (nSPS) is 21.2. The third kappa shape index (κ3) is 12.8. The van der Waals surface area contributed by atoms with E-state index in [2.05, 4.69) is 44.5 Å². The van der Waals surface area contributed by atoms with E-state index in [1.165, 1.54) is 103 Å². The van der Waals surface area contributed by atoms with Gasteiger partial charge >= 0.3 is 0 Å². The number of quaternary nitrogens is 1. The van der Waals surface area contributed by atoms with Crippen LogP contribution in [0.15, 0.2) is 17.1 Å². The number of rotatable bonds is 21. The van der Waals surface area contributed by atoms with E-state index in [1.54, 1.807) is 6.92 Å². The molecule has 1 aliphatic rings. The number of unbranched alkanes of at least 4 members (excludes halogenated alkanes) is 15. The fraction of sp³-hybridized carbons (Fsp3) is 0.862. The fourth-order valence-corrected chi connectivity index (χ4v) is 5.27. The zero-order valence-electron chi connectivity index (χ0n) is 22.6. The average Bonchev–Trinajstić information content (AvgIpc) is 3.22. The van der Waals surface area contributed by atoms with E-state index < -0.39 is 0 Å². The van der Waals surface area contributed by atoms with Crippen LogP contribution in [0.3, 0.4) is 0 Å². The third-order valence-electron chi connectivity index (χ3n) is 7.55. The molecule has 4 nitrogen and oxygen atoms in total. The number of aliphatic imine (C=N–C) groups is 1. The number of hydrogen-bond acceptors (Lipinski definition) is 2. The van der Waals surface area contributed by atoms with Crippen molar-refractivity contribution in [1.82, 2.24) is 5.32 Å². The van der Waals surface area contributed by atoms with Gasteiger partial charge in [-0.15, -0.1) is 0 Å². The standard InChI is InChI=1S/C29H55N3O/c1-5-7-8-9-10-11-12-13-14-15-16-17-18-19-20-21-22-23-24-29-30-25-26-32(29,6-2)27(3)31-28(4)33/h22-23,25,27,29H,5-21,24,26H2,1-4H3/p+1/b23-22+. The van der Waals surface area contributed by atoms with Gasteiger partial charge in [-0.1, -0.05) is 109 Å². The molecule has 33 heavy (non-hydrogen) atoms. The van der Waals surface area contributed by atoms with Gasteiger partial charge < -0.3 is 5.32 Å². The summed E-state index contributed by atoms with van der Waals surface area (Å²) in [7, 11) is 0. The molecule has 0 spiro atoms. The van der Waals surface area contributed by atoms with E-state index in [9.17, 15) is 4.79 Å².